The molecule has 12 aromatic rings. The molecule has 0 saturated heterocycles. The number of nitrogens with zero attached hydrogens (tertiary/aromatic N) is 1. The van der Waals surface area contributed by atoms with Gasteiger partial charge in [-0.25, -0.2) is 0 Å². The summed E-state index contributed by atoms with van der Waals surface area (Å²) >= 11 is 0. The summed E-state index contributed by atoms with van der Waals surface area (Å²) in [7, 11) is 0. The average molecular weight is 896 g/mol. The van der Waals surface area contributed by atoms with Gasteiger partial charge in [-0.05, 0) is 155 Å². The van der Waals surface area contributed by atoms with Crippen LogP contribution in [0.3, 0.4) is 0 Å². The molecule has 0 unspecified atom stereocenters. The van der Waals surface area contributed by atoms with Gasteiger partial charge >= 0.3 is 0 Å². The molecule has 1 heterocycles. The fourth-order valence-corrected chi connectivity index (χ4v) is 12.2. The van der Waals surface area contributed by atoms with Crippen LogP contribution in [0.5, 0.6) is 0 Å². The standard InChI is InChI=1S/C68H49NO/c1-67(2)59-38-46(42-15-7-5-8-16-42)25-32-54(59)56-34-30-50(40-61(56)67)69(51-31-35-57-55-33-26-47(43-17-9-6-10-18-43)39-60(55)68(3,4)62(57)41-51)49-28-23-45(24-29-49)58-37-48-20-12-14-22-53(48)65-64-52-21-13-11-19-44(52)27-36-63(64)70-66(58)65/h5-41H,1-4H3. The second kappa shape index (κ2) is 15.0. The zero-order chi connectivity index (χ0) is 46.9. The second-order valence-electron chi connectivity index (χ2n) is 20.5. The molecule has 0 spiro atoms. The molecule has 2 nitrogen and oxygen atoms in total. The van der Waals surface area contributed by atoms with E-state index in [-0.39, 0.29) is 10.8 Å². The molecule has 0 N–H and O–H groups in total. The van der Waals surface area contributed by atoms with Crippen molar-refractivity contribution in [3.8, 4) is 55.6 Å². The Morgan fingerprint density at radius 3 is 1.31 bits per heavy atom. The lowest BCUT2D eigenvalue weighted by Crippen LogP contribution is -2.18. The molecular weight excluding hydrogens is 847 g/mol. The molecule has 2 aliphatic carbocycles. The Morgan fingerprint density at radius 1 is 0.314 bits per heavy atom. The second-order valence-corrected chi connectivity index (χ2v) is 20.5. The molecule has 11 aromatic carbocycles. The minimum Gasteiger partial charge on any atom is -0.455 e. The van der Waals surface area contributed by atoms with Gasteiger partial charge in [-0.15, -0.1) is 0 Å². The van der Waals surface area contributed by atoms with Crippen LogP contribution in [-0.4, -0.2) is 0 Å². The first-order valence-electron chi connectivity index (χ1n) is 24.6. The molecule has 2 aliphatic rings. The van der Waals surface area contributed by atoms with Crippen molar-refractivity contribution < 1.29 is 4.42 Å². The number of hydrogen-bond acceptors (Lipinski definition) is 2. The zero-order valence-corrected chi connectivity index (χ0v) is 39.7. The molecule has 14 rings (SSSR count). The first-order chi connectivity index (χ1) is 34.2. The maximum Gasteiger partial charge on any atom is 0.143 e. The zero-order valence-electron chi connectivity index (χ0n) is 39.7. The highest BCUT2D eigenvalue weighted by atomic mass is 16.3. The van der Waals surface area contributed by atoms with Crippen LogP contribution in [0, 0.1) is 0 Å². The van der Waals surface area contributed by atoms with E-state index in [1.165, 1.54) is 99.1 Å². The third-order valence-corrected chi connectivity index (χ3v) is 15.8. The summed E-state index contributed by atoms with van der Waals surface area (Å²) in [5.41, 5.74) is 22.6. The molecule has 0 atom stereocenters. The number of fused-ring (bicyclic) bond motifs is 13. The summed E-state index contributed by atoms with van der Waals surface area (Å²) in [6, 6.07) is 83.0. The molecule has 0 fully saturated rings. The number of anilines is 3. The Balaban J connectivity index is 0.923. The molecule has 0 saturated carbocycles. The van der Waals surface area contributed by atoms with Crippen molar-refractivity contribution in [3.05, 3.63) is 247 Å². The molecule has 1 aromatic heterocycles. The Kier molecular flexibility index (Phi) is 8.71. The van der Waals surface area contributed by atoms with Crippen molar-refractivity contribution >= 4 is 60.5 Å². The highest BCUT2D eigenvalue weighted by Crippen LogP contribution is 2.54. The fraction of sp³-hybridized carbons (Fsp3) is 0.0882. The number of hydrogen-bond donors (Lipinski definition) is 0. The topological polar surface area (TPSA) is 16.4 Å². The van der Waals surface area contributed by atoms with Crippen LogP contribution in [0.15, 0.2) is 229 Å². The monoisotopic (exact) mass is 895 g/mol. The van der Waals surface area contributed by atoms with Crippen molar-refractivity contribution in [1.29, 1.82) is 0 Å². The minimum absolute atomic E-state index is 0.210. The molecule has 0 bridgehead atoms. The van der Waals surface area contributed by atoms with Crippen LogP contribution < -0.4 is 4.90 Å². The van der Waals surface area contributed by atoms with Gasteiger partial charge in [0.25, 0.3) is 0 Å². The molecular formula is C68H49NO. The van der Waals surface area contributed by atoms with Crippen LogP contribution in [-0.2, 0) is 10.8 Å². The van der Waals surface area contributed by atoms with Crippen molar-refractivity contribution in [2.45, 2.75) is 38.5 Å². The van der Waals surface area contributed by atoms with Gasteiger partial charge in [-0.3, -0.25) is 0 Å². The van der Waals surface area contributed by atoms with Crippen LogP contribution in [0.1, 0.15) is 49.9 Å². The Hall–Kier alpha value is -8.46. The predicted octanol–water partition coefficient (Wildman–Crippen LogP) is 19.0. The van der Waals surface area contributed by atoms with E-state index < -0.39 is 0 Å². The lowest BCUT2D eigenvalue weighted by Gasteiger charge is -2.30. The number of benzene rings is 11. The van der Waals surface area contributed by atoms with Crippen LogP contribution in [0.2, 0.25) is 0 Å². The summed E-state index contributed by atoms with van der Waals surface area (Å²) < 4.78 is 6.90. The van der Waals surface area contributed by atoms with Crippen LogP contribution >= 0.6 is 0 Å². The first kappa shape index (κ1) is 40.6. The summed E-state index contributed by atoms with van der Waals surface area (Å²) in [6.45, 7) is 9.55. The van der Waals surface area contributed by atoms with E-state index in [4.69, 9.17) is 4.42 Å². The largest absolute Gasteiger partial charge is 0.455 e. The van der Waals surface area contributed by atoms with Crippen LogP contribution in [0.25, 0.3) is 99.1 Å². The van der Waals surface area contributed by atoms with E-state index in [0.29, 0.717) is 0 Å². The highest BCUT2D eigenvalue weighted by molar-refractivity contribution is 6.28. The highest BCUT2D eigenvalue weighted by Gasteiger charge is 2.38. The van der Waals surface area contributed by atoms with Crippen molar-refractivity contribution in [1.82, 2.24) is 0 Å². The van der Waals surface area contributed by atoms with Gasteiger partial charge in [0.1, 0.15) is 11.2 Å². The lowest BCUT2D eigenvalue weighted by molar-refractivity contribution is 0.660. The quantitative estimate of drug-likeness (QED) is 0.165. The SMILES string of the molecule is CC1(C)c2cc(-c3ccccc3)ccc2-c2ccc(N(c3ccc(-c4cc5ccccc5c5c4oc4ccc6ccccc6c45)cc3)c3ccc4c(c3)C(C)(C)c3cc(-c5ccccc5)ccc3-4)cc21. The summed E-state index contributed by atoms with van der Waals surface area (Å²) in [5, 5.41) is 7.16. The maximum atomic E-state index is 6.90. The average Bonchev–Trinajstić information content (AvgIpc) is 3.99. The van der Waals surface area contributed by atoms with Gasteiger partial charge in [0.15, 0.2) is 0 Å². The predicted molar refractivity (Wildman–Crippen MR) is 295 cm³/mol. The fourth-order valence-electron chi connectivity index (χ4n) is 12.2. The molecule has 0 aliphatic heterocycles. The van der Waals surface area contributed by atoms with E-state index in [2.05, 4.69) is 257 Å². The number of furan rings is 1. The number of rotatable bonds is 6. The summed E-state index contributed by atoms with van der Waals surface area (Å²) in [6.07, 6.45) is 0. The van der Waals surface area contributed by atoms with Gasteiger partial charge in [-0.1, -0.05) is 191 Å². The third-order valence-electron chi connectivity index (χ3n) is 15.8. The molecule has 0 radical (unpaired) electrons. The van der Waals surface area contributed by atoms with Gasteiger partial charge < -0.3 is 9.32 Å². The van der Waals surface area contributed by atoms with Crippen LogP contribution in [0.4, 0.5) is 17.1 Å². The third kappa shape index (κ3) is 5.99. The van der Waals surface area contributed by atoms with Gasteiger partial charge in [0.2, 0.25) is 0 Å². The molecule has 2 heteroatoms. The molecule has 0 amide bonds. The van der Waals surface area contributed by atoms with E-state index in [0.717, 1.165) is 39.4 Å². The smallest absolute Gasteiger partial charge is 0.143 e. The molecule has 332 valence electrons. The Bertz CT molecular complexity index is 3950. The lowest BCUT2D eigenvalue weighted by atomic mass is 9.81. The van der Waals surface area contributed by atoms with E-state index >= 15 is 0 Å². The Labute approximate surface area is 408 Å². The normalized spacial score (nSPS) is 13.9. The van der Waals surface area contributed by atoms with E-state index in [1.807, 2.05) is 0 Å². The van der Waals surface area contributed by atoms with Gasteiger partial charge in [-0.2, -0.15) is 0 Å². The first-order valence-corrected chi connectivity index (χ1v) is 24.6. The van der Waals surface area contributed by atoms with Gasteiger partial charge in [0.05, 0.1) is 0 Å². The maximum absolute atomic E-state index is 6.90. The van der Waals surface area contributed by atoms with E-state index in [1.54, 1.807) is 0 Å². The summed E-state index contributed by atoms with van der Waals surface area (Å²) in [5.74, 6) is 0. The van der Waals surface area contributed by atoms with E-state index in [9.17, 15) is 0 Å². The van der Waals surface area contributed by atoms with Crippen molar-refractivity contribution in [3.63, 3.8) is 0 Å². The van der Waals surface area contributed by atoms with Crippen molar-refractivity contribution in [2.75, 3.05) is 4.90 Å². The van der Waals surface area contributed by atoms with Gasteiger partial charge in [0, 0.05) is 44.2 Å². The Morgan fingerprint density at radius 2 is 0.757 bits per heavy atom. The minimum atomic E-state index is -0.210. The summed E-state index contributed by atoms with van der Waals surface area (Å²) in [4.78, 5) is 2.47. The molecule has 70 heavy (non-hydrogen) atoms. The van der Waals surface area contributed by atoms with Crippen molar-refractivity contribution in [2.24, 2.45) is 0 Å².